The van der Waals surface area contributed by atoms with Crippen molar-refractivity contribution in [1.29, 1.82) is 0 Å². The van der Waals surface area contributed by atoms with E-state index in [1.807, 2.05) is 12.1 Å². The van der Waals surface area contributed by atoms with Gasteiger partial charge in [-0.2, -0.15) is 5.10 Å². The Hall–Kier alpha value is -1.75. The van der Waals surface area contributed by atoms with Gasteiger partial charge in [0.2, 0.25) is 0 Å². The van der Waals surface area contributed by atoms with Gasteiger partial charge in [0.1, 0.15) is 5.69 Å². The summed E-state index contributed by atoms with van der Waals surface area (Å²) >= 11 is 0. The molecule has 0 aromatic carbocycles. The minimum atomic E-state index is 0.426. The highest BCUT2D eigenvalue weighted by molar-refractivity contribution is 5.73. The fourth-order valence-corrected chi connectivity index (χ4v) is 2.20. The minimum absolute atomic E-state index is 0.426. The lowest BCUT2D eigenvalue weighted by Gasteiger charge is -2.21. The molecule has 0 radical (unpaired) electrons. The molecule has 1 aliphatic heterocycles. The molecule has 5 heteroatoms. The van der Waals surface area contributed by atoms with Gasteiger partial charge >= 0.3 is 0 Å². The fourth-order valence-electron chi connectivity index (χ4n) is 2.20. The molecule has 0 unspecified atom stereocenters. The zero-order chi connectivity index (χ0) is 11.7. The molecule has 0 N–H and O–H groups in total. The van der Waals surface area contributed by atoms with Crippen molar-refractivity contribution >= 4 is 11.9 Å². The van der Waals surface area contributed by atoms with E-state index in [0.717, 1.165) is 38.0 Å². The number of imidazole rings is 1. The van der Waals surface area contributed by atoms with Crippen LogP contribution in [0.4, 0.5) is 0 Å². The maximum atomic E-state index is 10.8. The van der Waals surface area contributed by atoms with E-state index in [0.29, 0.717) is 17.3 Å². The van der Waals surface area contributed by atoms with Crippen LogP contribution in [0.1, 0.15) is 34.9 Å². The summed E-state index contributed by atoms with van der Waals surface area (Å²) < 4.78 is 6.94. The Labute approximate surface area is 98.4 Å². The number of rotatable bonds is 2. The van der Waals surface area contributed by atoms with Crippen molar-refractivity contribution in [3.8, 4) is 0 Å². The number of fused-ring (bicyclic) bond motifs is 1. The smallest absolute Gasteiger partial charge is 0.170 e. The highest BCUT2D eigenvalue weighted by Gasteiger charge is 2.18. The molecule has 0 aliphatic carbocycles. The Morgan fingerprint density at radius 1 is 1.35 bits per heavy atom. The summed E-state index contributed by atoms with van der Waals surface area (Å²) in [6, 6.07) is 3.90. The van der Waals surface area contributed by atoms with E-state index in [-0.39, 0.29) is 0 Å². The Morgan fingerprint density at radius 2 is 2.18 bits per heavy atom. The molecule has 0 atom stereocenters. The predicted molar refractivity (Wildman–Crippen MR) is 61.2 cm³/mol. The van der Waals surface area contributed by atoms with Gasteiger partial charge < -0.3 is 4.74 Å². The lowest BCUT2D eigenvalue weighted by atomic mass is 9.96. The number of nitrogens with zero attached hydrogens (tertiary/aromatic N) is 3. The first-order chi connectivity index (χ1) is 8.38. The number of ether oxygens (including phenoxy) is 1. The van der Waals surface area contributed by atoms with Crippen molar-refractivity contribution in [2.24, 2.45) is 0 Å². The highest BCUT2D eigenvalue weighted by atomic mass is 16.5. The minimum Gasteiger partial charge on any atom is -0.381 e. The van der Waals surface area contributed by atoms with E-state index in [9.17, 15) is 4.79 Å². The lowest BCUT2D eigenvalue weighted by Crippen LogP contribution is -2.16. The van der Waals surface area contributed by atoms with Crippen LogP contribution in [0.15, 0.2) is 18.3 Å². The summed E-state index contributed by atoms with van der Waals surface area (Å²) in [7, 11) is 0. The second-order valence-electron chi connectivity index (χ2n) is 4.22. The Morgan fingerprint density at radius 3 is 2.94 bits per heavy atom. The van der Waals surface area contributed by atoms with E-state index in [1.165, 1.54) is 0 Å². The molecule has 0 amide bonds. The van der Waals surface area contributed by atoms with Crippen LogP contribution in [0.3, 0.4) is 0 Å². The molecular weight excluding hydrogens is 218 g/mol. The first kappa shape index (κ1) is 10.4. The summed E-state index contributed by atoms with van der Waals surface area (Å²) in [6.45, 7) is 1.57. The van der Waals surface area contributed by atoms with Crippen LogP contribution in [0.2, 0.25) is 0 Å². The maximum absolute atomic E-state index is 10.8. The standard InChI is InChI=1S/C12H13N3O2/c16-8-10-7-13-12-2-1-11(14-15(10)12)9-3-5-17-6-4-9/h1-2,7-9H,3-6H2. The molecule has 1 aliphatic rings. The van der Waals surface area contributed by atoms with Gasteiger partial charge in [0.15, 0.2) is 11.9 Å². The summed E-state index contributed by atoms with van der Waals surface area (Å²) in [5.74, 6) is 0.426. The molecule has 5 nitrogen and oxygen atoms in total. The Kier molecular flexibility index (Phi) is 2.60. The highest BCUT2D eigenvalue weighted by Crippen LogP contribution is 2.25. The summed E-state index contributed by atoms with van der Waals surface area (Å²) in [5, 5.41) is 4.50. The molecule has 17 heavy (non-hydrogen) atoms. The quantitative estimate of drug-likeness (QED) is 0.734. The van der Waals surface area contributed by atoms with Crippen molar-refractivity contribution in [1.82, 2.24) is 14.6 Å². The molecule has 3 rings (SSSR count). The van der Waals surface area contributed by atoms with Gasteiger partial charge in [-0.05, 0) is 25.0 Å². The number of aromatic nitrogens is 3. The molecule has 3 heterocycles. The van der Waals surface area contributed by atoms with E-state index < -0.39 is 0 Å². The predicted octanol–water partition coefficient (Wildman–Crippen LogP) is 1.44. The Balaban J connectivity index is 2.01. The molecule has 0 saturated carbocycles. The van der Waals surface area contributed by atoms with Crippen molar-refractivity contribution in [3.05, 3.63) is 29.7 Å². The van der Waals surface area contributed by atoms with Gasteiger partial charge in [-0.3, -0.25) is 4.79 Å². The van der Waals surface area contributed by atoms with Crippen LogP contribution in [0.5, 0.6) is 0 Å². The van der Waals surface area contributed by atoms with Crippen molar-refractivity contribution in [3.63, 3.8) is 0 Å². The largest absolute Gasteiger partial charge is 0.381 e. The van der Waals surface area contributed by atoms with Crippen LogP contribution in [-0.4, -0.2) is 34.1 Å². The molecule has 2 aromatic rings. The van der Waals surface area contributed by atoms with Crippen molar-refractivity contribution in [2.75, 3.05) is 13.2 Å². The van der Waals surface area contributed by atoms with Crippen molar-refractivity contribution in [2.45, 2.75) is 18.8 Å². The second-order valence-corrected chi connectivity index (χ2v) is 4.22. The van der Waals surface area contributed by atoms with E-state index >= 15 is 0 Å². The molecule has 1 saturated heterocycles. The average molecular weight is 231 g/mol. The van der Waals surface area contributed by atoms with Crippen LogP contribution in [0, 0.1) is 0 Å². The van der Waals surface area contributed by atoms with E-state index in [4.69, 9.17) is 4.74 Å². The summed E-state index contributed by atoms with van der Waals surface area (Å²) in [4.78, 5) is 15.0. The van der Waals surface area contributed by atoms with Crippen LogP contribution in [0.25, 0.3) is 5.65 Å². The summed E-state index contributed by atoms with van der Waals surface area (Å²) in [5.41, 5.74) is 2.22. The Bertz CT molecular complexity index is 544. The third-order valence-corrected chi connectivity index (χ3v) is 3.17. The molecule has 2 aromatic heterocycles. The SMILES string of the molecule is O=Cc1cnc2ccc(C3CCOCC3)nn12. The van der Waals surface area contributed by atoms with Crippen LogP contribution >= 0.6 is 0 Å². The normalized spacial score (nSPS) is 17.4. The maximum Gasteiger partial charge on any atom is 0.170 e. The number of carbonyl (C=O) groups excluding carboxylic acids is 1. The monoisotopic (exact) mass is 231 g/mol. The molecular formula is C12H13N3O2. The molecule has 0 spiro atoms. The molecule has 88 valence electrons. The third-order valence-electron chi connectivity index (χ3n) is 3.17. The fraction of sp³-hybridized carbons (Fsp3) is 0.417. The van der Waals surface area contributed by atoms with Gasteiger partial charge in [-0.25, -0.2) is 9.50 Å². The molecule has 0 bridgehead atoms. The second kappa shape index (κ2) is 4.25. The lowest BCUT2D eigenvalue weighted by molar-refractivity contribution is 0.0842. The number of hydrogen-bond acceptors (Lipinski definition) is 4. The van der Waals surface area contributed by atoms with Gasteiger partial charge in [-0.15, -0.1) is 0 Å². The number of hydrogen-bond donors (Lipinski definition) is 0. The number of aldehydes is 1. The first-order valence-electron chi connectivity index (χ1n) is 5.76. The first-order valence-corrected chi connectivity index (χ1v) is 5.76. The van der Waals surface area contributed by atoms with Gasteiger partial charge in [-0.1, -0.05) is 0 Å². The average Bonchev–Trinajstić information content (AvgIpc) is 2.81. The summed E-state index contributed by atoms with van der Waals surface area (Å²) in [6.07, 6.45) is 4.30. The number of carbonyl (C=O) groups is 1. The van der Waals surface area contributed by atoms with E-state index in [2.05, 4.69) is 10.1 Å². The van der Waals surface area contributed by atoms with Gasteiger partial charge in [0.25, 0.3) is 0 Å². The zero-order valence-corrected chi connectivity index (χ0v) is 9.37. The van der Waals surface area contributed by atoms with Gasteiger partial charge in [0.05, 0.1) is 11.9 Å². The van der Waals surface area contributed by atoms with Crippen LogP contribution in [-0.2, 0) is 4.74 Å². The van der Waals surface area contributed by atoms with Crippen LogP contribution < -0.4 is 0 Å². The topological polar surface area (TPSA) is 56.5 Å². The van der Waals surface area contributed by atoms with E-state index in [1.54, 1.807) is 10.7 Å². The zero-order valence-electron chi connectivity index (χ0n) is 9.37. The molecule has 1 fully saturated rings. The van der Waals surface area contributed by atoms with Gasteiger partial charge in [0, 0.05) is 19.1 Å². The van der Waals surface area contributed by atoms with Crippen molar-refractivity contribution < 1.29 is 9.53 Å². The third kappa shape index (κ3) is 1.82.